The first-order chi connectivity index (χ1) is 12.2. The molecule has 1 atom stereocenters. The summed E-state index contributed by atoms with van der Waals surface area (Å²) < 4.78 is 7.89. The summed E-state index contributed by atoms with van der Waals surface area (Å²) in [7, 11) is 2.21. The summed E-state index contributed by atoms with van der Waals surface area (Å²) in [5, 5.41) is 1.31. The molecule has 2 heterocycles. The number of hydrogen-bond acceptors (Lipinski definition) is 2. The quantitative estimate of drug-likeness (QED) is 0.691. The molecule has 1 unspecified atom stereocenters. The summed E-state index contributed by atoms with van der Waals surface area (Å²) in [6.45, 7) is 5.98. The van der Waals surface area contributed by atoms with Crippen LogP contribution in [0, 0.1) is 6.92 Å². The summed E-state index contributed by atoms with van der Waals surface area (Å²) in [5.74, 6) is 0. The predicted molar refractivity (Wildman–Crippen MR) is 104 cm³/mol. The Morgan fingerprint density at radius 2 is 2.00 bits per heavy atom. The van der Waals surface area contributed by atoms with Gasteiger partial charge in [-0.1, -0.05) is 42.0 Å². The van der Waals surface area contributed by atoms with Crippen molar-refractivity contribution in [2.75, 3.05) is 26.8 Å². The van der Waals surface area contributed by atoms with E-state index in [1.54, 1.807) is 0 Å². The van der Waals surface area contributed by atoms with Crippen molar-refractivity contribution in [3.05, 3.63) is 60.3 Å². The molecule has 4 rings (SSSR count). The van der Waals surface area contributed by atoms with E-state index in [1.807, 2.05) is 0 Å². The van der Waals surface area contributed by atoms with Crippen LogP contribution >= 0.6 is 0 Å². The van der Waals surface area contributed by atoms with Crippen molar-refractivity contribution in [1.82, 2.24) is 9.47 Å². The lowest BCUT2D eigenvalue weighted by atomic mass is 10.0. The van der Waals surface area contributed by atoms with Crippen LogP contribution < -0.4 is 0 Å². The molecule has 2 aromatic carbocycles. The zero-order valence-electron chi connectivity index (χ0n) is 15.1. The molecular formula is C22H26N2O. The molecule has 1 saturated heterocycles. The van der Waals surface area contributed by atoms with E-state index < -0.39 is 0 Å². The molecule has 3 heteroatoms. The Balaban J connectivity index is 1.56. The third-order valence-corrected chi connectivity index (χ3v) is 5.35. The van der Waals surface area contributed by atoms with Crippen molar-refractivity contribution in [2.45, 2.75) is 25.9 Å². The van der Waals surface area contributed by atoms with Gasteiger partial charge in [0.2, 0.25) is 0 Å². The number of aryl methyl sites for hydroxylation is 1. The standard InChI is InChI=1S/C22H26N2O/c1-17-4-3-5-19(14-17)20-7-6-18-8-10-24(22(18)15-20)12-11-23(2)21-9-13-25-16-21/h3-8,10,14-15,21H,9,11-13,16H2,1-2H3. The van der Waals surface area contributed by atoms with Gasteiger partial charge in [0.25, 0.3) is 0 Å². The molecule has 3 aromatic rings. The summed E-state index contributed by atoms with van der Waals surface area (Å²) in [5.41, 5.74) is 5.19. The van der Waals surface area contributed by atoms with Gasteiger partial charge in [-0.05, 0) is 49.0 Å². The van der Waals surface area contributed by atoms with Gasteiger partial charge in [-0.25, -0.2) is 0 Å². The number of benzene rings is 2. The second-order valence-corrected chi connectivity index (χ2v) is 7.15. The normalized spacial score (nSPS) is 17.6. The van der Waals surface area contributed by atoms with E-state index in [4.69, 9.17) is 4.74 Å². The lowest BCUT2D eigenvalue weighted by Crippen LogP contribution is -2.34. The van der Waals surface area contributed by atoms with Gasteiger partial charge in [0, 0.05) is 37.5 Å². The monoisotopic (exact) mass is 334 g/mol. The Hall–Kier alpha value is -2.10. The fourth-order valence-electron chi connectivity index (χ4n) is 3.70. The largest absolute Gasteiger partial charge is 0.380 e. The summed E-state index contributed by atoms with van der Waals surface area (Å²) in [4.78, 5) is 2.43. The lowest BCUT2D eigenvalue weighted by molar-refractivity contribution is 0.157. The zero-order valence-corrected chi connectivity index (χ0v) is 15.1. The average molecular weight is 334 g/mol. The molecule has 1 aliphatic heterocycles. The number of hydrogen-bond donors (Lipinski definition) is 0. The predicted octanol–water partition coefficient (Wildman–Crippen LogP) is 4.34. The Kier molecular flexibility index (Phi) is 4.60. The molecule has 1 aliphatic rings. The molecule has 0 aliphatic carbocycles. The van der Waals surface area contributed by atoms with Crippen molar-refractivity contribution in [3.63, 3.8) is 0 Å². The van der Waals surface area contributed by atoms with Gasteiger partial charge >= 0.3 is 0 Å². The number of ether oxygens (including phenoxy) is 1. The molecule has 25 heavy (non-hydrogen) atoms. The van der Waals surface area contributed by atoms with E-state index in [0.717, 1.165) is 32.7 Å². The van der Waals surface area contributed by atoms with Gasteiger partial charge in [-0.2, -0.15) is 0 Å². The highest BCUT2D eigenvalue weighted by atomic mass is 16.5. The molecule has 3 nitrogen and oxygen atoms in total. The van der Waals surface area contributed by atoms with Gasteiger partial charge in [0.05, 0.1) is 6.61 Å². The van der Waals surface area contributed by atoms with Crippen LogP contribution in [0.5, 0.6) is 0 Å². The van der Waals surface area contributed by atoms with Gasteiger partial charge in [-0.3, -0.25) is 4.90 Å². The molecule has 0 radical (unpaired) electrons. The molecule has 0 spiro atoms. The molecule has 0 saturated carbocycles. The molecular weight excluding hydrogens is 308 g/mol. The van der Waals surface area contributed by atoms with Crippen LogP contribution in [0.3, 0.4) is 0 Å². The van der Waals surface area contributed by atoms with Gasteiger partial charge in [0.1, 0.15) is 0 Å². The van der Waals surface area contributed by atoms with Crippen LogP contribution in [0.1, 0.15) is 12.0 Å². The van der Waals surface area contributed by atoms with Gasteiger partial charge in [0.15, 0.2) is 0 Å². The Bertz CT molecular complexity index is 861. The average Bonchev–Trinajstić information content (AvgIpc) is 3.29. The van der Waals surface area contributed by atoms with Crippen LogP contribution in [0.4, 0.5) is 0 Å². The van der Waals surface area contributed by atoms with Crippen LogP contribution in [-0.2, 0) is 11.3 Å². The molecule has 0 bridgehead atoms. The van der Waals surface area contributed by atoms with Crippen molar-refractivity contribution in [1.29, 1.82) is 0 Å². The number of nitrogens with zero attached hydrogens (tertiary/aromatic N) is 2. The van der Waals surface area contributed by atoms with E-state index in [1.165, 1.54) is 27.6 Å². The number of fused-ring (bicyclic) bond motifs is 1. The van der Waals surface area contributed by atoms with E-state index >= 15 is 0 Å². The zero-order chi connectivity index (χ0) is 17.2. The summed E-state index contributed by atoms with van der Waals surface area (Å²) >= 11 is 0. The van der Waals surface area contributed by atoms with Crippen molar-refractivity contribution in [2.24, 2.45) is 0 Å². The van der Waals surface area contributed by atoms with Gasteiger partial charge in [-0.15, -0.1) is 0 Å². The molecule has 0 N–H and O–H groups in total. The Labute approximate surface area is 149 Å². The summed E-state index contributed by atoms with van der Waals surface area (Å²) in [6, 6.07) is 18.3. The van der Waals surface area contributed by atoms with Crippen molar-refractivity contribution in [3.8, 4) is 11.1 Å². The van der Waals surface area contributed by atoms with Crippen LogP contribution in [0.2, 0.25) is 0 Å². The van der Waals surface area contributed by atoms with E-state index in [0.29, 0.717) is 6.04 Å². The molecule has 130 valence electrons. The van der Waals surface area contributed by atoms with E-state index in [2.05, 4.69) is 78.2 Å². The number of likely N-dealkylation sites (N-methyl/N-ethyl adjacent to an activating group) is 1. The van der Waals surface area contributed by atoms with Crippen molar-refractivity contribution >= 4 is 10.9 Å². The second kappa shape index (κ2) is 7.03. The molecule has 0 amide bonds. The van der Waals surface area contributed by atoms with Crippen LogP contribution in [-0.4, -0.2) is 42.3 Å². The third-order valence-electron chi connectivity index (χ3n) is 5.35. The maximum absolute atomic E-state index is 5.51. The smallest absolute Gasteiger partial charge is 0.0622 e. The topological polar surface area (TPSA) is 17.4 Å². The van der Waals surface area contributed by atoms with E-state index in [-0.39, 0.29) is 0 Å². The number of aromatic nitrogens is 1. The maximum atomic E-state index is 5.51. The Morgan fingerprint density at radius 3 is 2.80 bits per heavy atom. The maximum Gasteiger partial charge on any atom is 0.0622 e. The molecule has 1 aromatic heterocycles. The fraction of sp³-hybridized carbons (Fsp3) is 0.364. The molecule has 1 fully saturated rings. The van der Waals surface area contributed by atoms with Crippen LogP contribution in [0.25, 0.3) is 22.0 Å². The minimum Gasteiger partial charge on any atom is -0.380 e. The first kappa shape index (κ1) is 16.4. The highest BCUT2D eigenvalue weighted by Gasteiger charge is 2.19. The minimum atomic E-state index is 0.574. The second-order valence-electron chi connectivity index (χ2n) is 7.15. The first-order valence-corrected chi connectivity index (χ1v) is 9.14. The Morgan fingerprint density at radius 1 is 1.12 bits per heavy atom. The van der Waals surface area contributed by atoms with E-state index in [9.17, 15) is 0 Å². The highest BCUT2D eigenvalue weighted by molar-refractivity contribution is 5.85. The van der Waals surface area contributed by atoms with Crippen LogP contribution in [0.15, 0.2) is 54.7 Å². The SMILES string of the molecule is Cc1cccc(-c2ccc3ccn(CCN(C)C4CCOC4)c3c2)c1. The fourth-order valence-corrected chi connectivity index (χ4v) is 3.70. The van der Waals surface area contributed by atoms with Crippen molar-refractivity contribution < 1.29 is 4.74 Å². The number of rotatable bonds is 5. The summed E-state index contributed by atoms with van der Waals surface area (Å²) in [6.07, 6.45) is 3.37. The first-order valence-electron chi connectivity index (χ1n) is 9.14. The third kappa shape index (κ3) is 3.48. The van der Waals surface area contributed by atoms with Gasteiger partial charge < -0.3 is 9.30 Å². The lowest BCUT2D eigenvalue weighted by Gasteiger charge is -2.23. The minimum absolute atomic E-state index is 0.574. The highest BCUT2D eigenvalue weighted by Crippen LogP contribution is 2.26.